The second-order valence-corrected chi connectivity index (χ2v) is 10.2. The molecule has 234 valence electrons. The van der Waals surface area contributed by atoms with Crippen molar-refractivity contribution in [3.8, 4) is 34.3 Å². The molecule has 1 aromatic heterocycles. The SMILES string of the molecule is O=c1c(OC[C@@H]2OC(CO[C@@H]3OC(O)[C@H](O)[C@H](O)C3O)[C@H](O)[C@@H](O)C2O)c(-c2ccc(O)cc2)oc2cc(O)cc(O)c12. The van der Waals surface area contributed by atoms with Crippen LogP contribution in [-0.4, -0.2) is 126 Å². The maximum Gasteiger partial charge on any atom is 0.239 e. The van der Waals surface area contributed by atoms with Crippen LogP contribution in [0.2, 0.25) is 0 Å². The summed E-state index contributed by atoms with van der Waals surface area (Å²) < 4.78 is 27.4. The number of ether oxygens (including phenoxy) is 4. The second-order valence-electron chi connectivity index (χ2n) is 10.2. The average molecular weight is 611 g/mol. The molecular formula is C27H30O16. The van der Waals surface area contributed by atoms with Crippen LogP contribution in [0.1, 0.15) is 0 Å². The Balaban J connectivity index is 1.39. The van der Waals surface area contributed by atoms with E-state index < -0.39 is 91.6 Å². The van der Waals surface area contributed by atoms with Crippen LogP contribution in [0.4, 0.5) is 0 Å². The van der Waals surface area contributed by atoms with E-state index in [9.17, 15) is 55.9 Å². The number of aliphatic hydroxyl groups is 7. The van der Waals surface area contributed by atoms with Crippen molar-refractivity contribution >= 4 is 11.0 Å². The van der Waals surface area contributed by atoms with E-state index >= 15 is 0 Å². The third-order valence-electron chi connectivity index (χ3n) is 7.22. The lowest BCUT2D eigenvalue weighted by atomic mass is 9.95. The molecule has 5 rings (SSSR count). The molecule has 0 radical (unpaired) electrons. The Kier molecular flexibility index (Phi) is 8.77. The summed E-state index contributed by atoms with van der Waals surface area (Å²) in [6.07, 6.45) is -17.0. The van der Waals surface area contributed by atoms with Gasteiger partial charge in [0.05, 0.1) is 6.61 Å². The predicted octanol–water partition coefficient (Wildman–Crippen LogP) is -2.42. The molecule has 2 aliphatic rings. The fraction of sp³-hybridized carbons (Fsp3) is 0.444. The van der Waals surface area contributed by atoms with Gasteiger partial charge in [-0.3, -0.25) is 4.79 Å². The molecule has 2 aromatic carbocycles. The van der Waals surface area contributed by atoms with E-state index in [1.165, 1.54) is 24.3 Å². The van der Waals surface area contributed by atoms with Crippen molar-refractivity contribution in [3.63, 3.8) is 0 Å². The highest BCUT2D eigenvalue weighted by atomic mass is 16.7. The minimum Gasteiger partial charge on any atom is -0.508 e. The van der Waals surface area contributed by atoms with Gasteiger partial charge in [-0.1, -0.05) is 0 Å². The molecule has 3 heterocycles. The zero-order chi connectivity index (χ0) is 31.2. The number of fused-ring (bicyclic) bond motifs is 1. The summed E-state index contributed by atoms with van der Waals surface area (Å²) in [4.78, 5) is 13.5. The number of aliphatic hydroxyl groups excluding tert-OH is 7. The molecule has 3 aromatic rings. The minimum atomic E-state index is -1.89. The molecule has 2 fully saturated rings. The van der Waals surface area contributed by atoms with E-state index in [4.69, 9.17) is 23.4 Å². The van der Waals surface area contributed by atoms with E-state index in [1.54, 1.807) is 0 Å². The first-order valence-electron chi connectivity index (χ1n) is 13.0. The largest absolute Gasteiger partial charge is 0.508 e. The molecule has 4 unspecified atom stereocenters. The number of benzene rings is 2. The van der Waals surface area contributed by atoms with Crippen LogP contribution >= 0.6 is 0 Å². The number of rotatable bonds is 7. The van der Waals surface area contributed by atoms with Gasteiger partial charge in [0.1, 0.15) is 83.7 Å². The van der Waals surface area contributed by atoms with Gasteiger partial charge in [-0.2, -0.15) is 0 Å². The van der Waals surface area contributed by atoms with Crippen molar-refractivity contribution in [2.75, 3.05) is 13.2 Å². The topological polar surface area (TPSA) is 269 Å². The van der Waals surface area contributed by atoms with Gasteiger partial charge in [0.15, 0.2) is 18.3 Å². The van der Waals surface area contributed by atoms with E-state index in [-0.39, 0.29) is 33.8 Å². The molecule has 16 heteroatoms. The zero-order valence-electron chi connectivity index (χ0n) is 22.1. The fourth-order valence-corrected chi connectivity index (χ4v) is 4.83. The number of phenolic OH excluding ortho intramolecular Hbond substituents is 3. The molecular weight excluding hydrogens is 580 g/mol. The molecule has 0 amide bonds. The second kappa shape index (κ2) is 12.2. The van der Waals surface area contributed by atoms with E-state index in [1.807, 2.05) is 0 Å². The first kappa shape index (κ1) is 30.9. The van der Waals surface area contributed by atoms with E-state index in [0.29, 0.717) is 0 Å². The van der Waals surface area contributed by atoms with Gasteiger partial charge in [-0.15, -0.1) is 0 Å². The highest BCUT2D eigenvalue weighted by molar-refractivity contribution is 5.88. The first-order chi connectivity index (χ1) is 20.4. The van der Waals surface area contributed by atoms with Crippen molar-refractivity contribution in [3.05, 3.63) is 46.6 Å². The third kappa shape index (κ3) is 5.98. The number of phenols is 3. The maximum atomic E-state index is 13.5. The van der Waals surface area contributed by atoms with Gasteiger partial charge < -0.3 is 74.4 Å². The zero-order valence-corrected chi connectivity index (χ0v) is 22.1. The lowest BCUT2D eigenvalue weighted by Crippen LogP contribution is -2.61. The molecule has 0 saturated carbocycles. The van der Waals surface area contributed by atoms with Crippen LogP contribution in [0.25, 0.3) is 22.3 Å². The Morgan fingerprint density at radius 3 is 2.00 bits per heavy atom. The van der Waals surface area contributed by atoms with Crippen molar-refractivity contribution in [2.24, 2.45) is 0 Å². The molecule has 10 atom stereocenters. The van der Waals surface area contributed by atoms with Crippen LogP contribution in [0, 0.1) is 0 Å². The summed E-state index contributed by atoms with van der Waals surface area (Å²) in [5.74, 6) is -1.70. The summed E-state index contributed by atoms with van der Waals surface area (Å²) in [5, 5.41) is 100. The molecule has 0 aliphatic carbocycles. The molecule has 16 nitrogen and oxygen atoms in total. The molecule has 2 aliphatic heterocycles. The van der Waals surface area contributed by atoms with Crippen LogP contribution in [0.3, 0.4) is 0 Å². The Morgan fingerprint density at radius 2 is 1.33 bits per heavy atom. The van der Waals surface area contributed by atoms with Crippen molar-refractivity contribution in [1.82, 2.24) is 0 Å². The minimum absolute atomic E-state index is 0.0875. The molecule has 0 spiro atoms. The van der Waals surface area contributed by atoms with Crippen LogP contribution in [0.15, 0.2) is 45.6 Å². The number of hydrogen-bond donors (Lipinski definition) is 10. The van der Waals surface area contributed by atoms with Crippen molar-refractivity contribution in [1.29, 1.82) is 0 Å². The Morgan fingerprint density at radius 1 is 0.698 bits per heavy atom. The highest BCUT2D eigenvalue weighted by Gasteiger charge is 2.47. The Labute approximate surface area is 241 Å². The van der Waals surface area contributed by atoms with Crippen LogP contribution in [0.5, 0.6) is 23.0 Å². The van der Waals surface area contributed by atoms with Gasteiger partial charge >= 0.3 is 0 Å². The monoisotopic (exact) mass is 610 g/mol. The molecule has 43 heavy (non-hydrogen) atoms. The summed E-state index contributed by atoms with van der Waals surface area (Å²) >= 11 is 0. The normalized spacial score (nSPS) is 33.0. The van der Waals surface area contributed by atoms with Crippen LogP contribution < -0.4 is 10.2 Å². The van der Waals surface area contributed by atoms with Gasteiger partial charge in [0.2, 0.25) is 11.2 Å². The van der Waals surface area contributed by atoms with Crippen molar-refractivity contribution < 1.29 is 74.4 Å². The third-order valence-corrected chi connectivity index (χ3v) is 7.22. The Bertz CT molecular complexity index is 1490. The van der Waals surface area contributed by atoms with E-state index in [2.05, 4.69) is 0 Å². The van der Waals surface area contributed by atoms with E-state index in [0.717, 1.165) is 12.1 Å². The van der Waals surface area contributed by atoms with Crippen molar-refractivity contribution in [2.45, 2.75) is 61.4 Å². The van der Waals surface area contributed by atoms with Gasteiger partial charge in [-0.05, 0) is 24.3 Å². The molecule has 2 saturated heterocycles. The summed E-state index contributed by atoms with van der Waals surface area (Å²) in [5.41, 5.74) is -0.796. The summed E-state index contributed by atoms with van der Waals surface area (Å²) in [6.45, 7) is -1.22. The predicted molar refractivity (Wildman–Crippen MR) is 140 cm³/mol. The highest BCUT2D eigenvalue weighted by Crippen LogP contribution is 2.36. The lowest BCUT2D eigenvalue weighted by molar-refractivity contribution is -0.347. The smallest absolute Gasteiger partial charge is 0.239 e. The summed E-state index contributed by atoms with van der Waals surface area (Å²) in [6, 6.07) is 7.46. The fourth-order valence-electron chi connectivity index (χ4n) is 4.83. The number of hydrogen-bond acceptors (Lipinski definition) is 16. The van der Waals surface area contributed by atoms with Gasteiger partial charge in [0.25, 0.3) is 0 Å². The maximum absolute atomic E-state index is 13.5. The number of aromatic hydroxyl groups is 3. The lowest BCUT2D eigenvalue weighted by Gasteiger charge is -2.42. The average Bonchev–Trinajstić information content (AvgIpc) is 2.97. The molecule has 0 bridgehead atoms. The Hall–Kier alpha value is -3.55. The quantitative estimate of drug-likeness (QED) is 0.133. The first-order valence-corrected chi connectivity index (χ1v) is 13.0. The molecule has 10 N–H and O–H groups in total. The summed E-state index contributed by atoms with van der Waals surface area (Å²) in [7, 11) is 0. The van der Waals surface area contributed by atoms with Gasteiger partial charge in [0, 0.05) is 17.7 Å². The van der Waals surface area contributed by atoms with Crippen LogP contribution in [-0.2, 0) is 14.2 Å². The standard InChI is InChI=1S/C27H30O16/c28-10-3-1-9(2-4-10)24-25(19(33)16-12(30)5-11(29)6-13(16)42-24)39-7-14-17(31)20(34)18(32)15(41-14)8-40-27-23(37)21(35)22(36)26(38)43-27/h1-6,14-15,17-18,20-23,26-32,34-38H,7-8H2/t14-,15?,17?,18-,20-,21-,22+,23?,26?,27+/m0/s1. The van der Waals surface area contributed by atoms with Gasteiger partial charge in [-0.25, -0.2) is 0 Å².